The molecule has 0 saturated carbocycles. The molecule has 0 aliphatic carbocycles. The Hall–Kier alpha value is -2.00. The van der Waals surface area contributed by atoms with Gasteiger partial charge < -0.3 is 9.84 Å². The van der Waals surface area contributed by atoms with Gasteiger partial charge in [-0.3, -0.25) is 4.79 Å². The van der Waals surface area contributed by atoms with Crippen LogP contribution in [0, 0.1) is 5.92 Å². The average Bonchev–Trinajstić information content (AvgIpc) is 2.48. The molecule has 2 rings (SSSR count). The summed E-state index contributed by atoms with van der Waals surface area (Å²) in [7, 11) is 0. The summed E-state index contributed by atoms with van der Waals surface area (Å²) in [5.74, 6) is -0.684. The zero-order valence-electron chi connectivity index (χ0n) is 11.8. The van der Waals surface area contributed by atoms with Gasteiger partial charge in [0.15, 0.2) is 0 Å². The van der Waals surface area contributed by atoms with E-state index in [4.69, 9.17) is 21.4 Å². The Balaban J connectivity index is 1.92. The van der Waals surface area contributed by atoms with Crippen molar-refractivity contribution in [1.29, 1.82) is 0 Å². The summed E-state index contributed by atoms with van der Waals surface area (Å²) in [4.78, 5) is 10.7. The minimum absolute atomic E-state index is 0.172. The third-order valence-electron chi connectivity index (χ3n) is 3.17. The fraction of sp³-hybridized carbons (Fsp3) is 0.235. The summed E-state index contributed by atoms with van der Waals surface area (Å²) in [5.41, 5.74) is 2.35. The van der Waals surface area contributed by atoms with Crippen LogP contribution in [0.15, 0.2) is 48.5 Å². The molecule has 0 aromatic heterocycles. The number of halogens is 1. The predicted octanol–water partition coefficient (Wildman–Crippen LogP) is 4.03. The van der Waals surface area contributed by atoms with Crippen molar-refractivity contribution in [2.75, 3.05) is 6.61 Å². The zero-order valence-corrected chi connectivity index (χ0v) is 12.5. The van der Waals surface area contributed by atoms with E-state index < -0.39 is 11.9 Å². The minimum atomic E-state index is -0.852. The molecular weight excluding hydrogens is 288 g/mol. The molecule has 2 aromatic rings. The SMILES string of the molecule is CC(COc1ccc(Cc2ccc(Cl)cc2)cc1)C(=O)O. The predicted molar refractivity (Wildman–Crippen MR) is 83.0 cm³/mol. The van der Waals surface area contributed by atoms with E-state index in [1.54, 1.807) is 6.92 Å². The molecule has 1 atom stereocenters. The number of aliphatic carboxylic acids is 1. The van der Waals surface area contributed by atoms with Gasteiger partial charge in [-0.1, -0.05) is 35.9 Å². The Morgan fingerprint density at radius 2 is 1.62 bits per heavy atom. The van der Waals surface area contributed by atoms with Crippen molar-refractivity contribution < 1.29 is 14.6 Å². The number of rotatable bonds is 6. The smallest absolute Gasteiger partial charge is 0.309 e. The van der Waals surface area contributed by atoms with Crippen molar-refractivity contribution in [2.24, 2.45) is 5.92 Å². The van der Waals surface area contributed by atoms with Crippen LogP contribution in [-0.2, 0) is 11.2 Å². The van der Waals surface area contributed by atoms with Crippen LogP contribution >= 0.6 is 11.6 Å². The van der Waals surface area contributed by atoms with E-state index in [1.165, 1.54) is 5.56 Å². The molecule has 3 nitrogen and oxygen atoms in total. The van der Waals surface area contributed by atoms with Gasteiger partial charge in [0.05, 0.1) is 5.92 Å². The number of hydrogen-bond donors (Lipinski definition) is 1. The first-order valence-corrected chi connectivity index (χ1v) is 7.11. The molecule has 110 valence electrons. The molecule has 0 bridgehead atoms. The second kappa shape index (κ2) is 7.14. The third kappa shape index (κ3) is 4.80. The van der Waals surface area contributed by atoms with Gasteiger partial charge in [-0.05, 0) is 48.7 Å². The molecule has 0 aliphatic rings. The lowest BCUT2D eigenvalue weighted by Gasteiger charge is -2.10. The Kier molecular flexibility index (Phi) is 5.23. The lowest BCUT2D eigenvalue weighted by atomic mass is 10.1. The Morgan fingerprint density at radius 1 is 1.10 bits per heavy atom. The molecule has 1 unspecified atom stereocenters. The summed E-state index contributed by atoms with van der Waals surface area (Å²) in [5, 5.41) is 9.53. The van der Waals surface area contributed by atoms with Crippen LogP contribution in [0.3, 0.4) is 0 Å². The third-order valence-corrected chi connectivity index (χ3v) is 3.42. The van der Waals surface area contributed by atoms with Crippen LogP contribution in [0.4, 0.5) is 0 Å². The molecule has 0 fully saturated rings. The summed E-state index contributed by atoms with van der Waals surface area (Å²) < 4.78 is 5.45. The highest BCUT2D eigenvalue weighted by atomic mass is 35.5. The lowest BCUT2D eigenvalue weighted by Crippen LogP contribution is -2.17. The molecule has 4 heteroatoms. The van der Waals surface area contributed by atoms with Crippen molar-refractivity contribution in [3.8, 4) is 5.75 Å². The van der Waals surface area contributed by atoms with Gasteiger partial charge in [-0.2, -0.15) is 0 Å². The quantitative estimate of drug-likeness (QED) is 0.876. The van der Waals surface area contributed by atoms with Gasteiger partial charge in [0.1, 0.15) is 12.4 Å². The lowest BCUT2D eigenvalue weighted by molar-refractivity contribution is -0.142. The maximum atomic E-state index is 10.7. The van der Waals surface area contributed by atoms with E-state index in [-0.39, 0.29) is 6.61 Å². The Morgan fingerprint density at radius 3 is 2.14 bits per heavy atom. The molecule has 0 radical (unpaired) electrons. The van der Waals surface area contributed by atoms with Crippen molar-refractivity contribution in [2.45, 2.75) is 13.3 Å². The van der Waals surface area contributed by atoms with Gasteiger partial charge in [-0.15, -0.1) is 0 Å². The molecule has 0 saturated heterocycles. The summed E-state index contributed by atoms with van der Waals surface area (Å²) >= 11 is 5.86. The van der Waals surface area contributed by atoms with Crippen LogP contribution in [0.25, 0.3) is 0 Å². The molecule has 0 spiro atoms. The minimum Gasteiger partial charge on any atom is -0.493 e. The molecule has 1 N–H and O–H groups in total. The zero-order chi connectivity index (χ0) is 15.2. The van der Waals surface area contributed by atoms with Gasteiger partial charge in [0, 0.05) is 5.02 Å². The molecule has 0 amide bonds. The van der Waals surface area contributed by atoms with Gasteiger partial charge in [-0.25, -0.2) is 0 Å². The molecular formula is C17H17ClO3. The monoisotopic (exact) mass is 304 g/mol. The number of carbonyl (C=O) groups is 1. The van der Waals surface area contributed by atoms with Crippen molar-refractivity contribution in [3.63, 3.8) is 0 Å². The normalized spacial score (nSPS) is 11.9. The molecule has 2 aromatic carbocycles. The van der Waals surface area contributed by atoms with E-state index in [0.29, 0.717) is 5.75 Å². The first-order valence-electron chi connectivity index (χ1n) is 6.73. The van der Waals surface area contributed by atoms with Crippen LogP contribution in [0.5, 0.6) is 5.75 Å². The second-order valence-corrected chi connectivity index (χ2v) is 5.43. The standard InChI is InChI=1S/C17H17ClO3/c1-12(17(19)20)11-21-16-8-4-14(5-9-16)10-13-2-6-15(18)7-3-13/h2-9,12H,10-11H2,1H3,(H,19,20). The fourth-order valence-corrected chi connectivity index (χ4v) is 1.96. The molecule has 0 aliphatic heterocycles. The average molecular weight is 305 g/mol. The van der Waals surface area contributed by atoms with Crippen molar-refractivity contribution in [1.82, 2.24) is 0 Å². The number of ether oxygens (including phenoxy) is 1. The van der Waals surface area contributed by atoms with Gasteiger partial charge in [0.2, 0.25) is 0 Å². The number of hydrogen-bond acceptors (Lipinski definition) is 2. The summed E-state index contributed by atoms with van der Waals surface area (Å²) in [6.07, 6.45) is 0.822. The molecule has 21 heavy (non-hydrogen) atoms. The highest BCUT2D eigenvalue weighted by Gasteiger charge is 2.11. The van der Waals surface area contributed by atoms with E-state index in [1.807, 2.05) is 48.5 Å². The van der Waals surface area contributed by atoms with Crippen LogP contribution in [0.1, 0.15) is 18.1 Å². The largest absolute Gasteiger partial charge is 0.493 e. The number of carboxylic acid groups (broad SMARTS) is 1. The Labute approximate surface area is 129 Å². The number of carboxylic acids is 1. The van der Waals surface area contributed by atoms with Crippen LogP contribution in [-0.4, -0.2) is 17.7 Å². The first-order chi connectivity index (χ1) is 10.0. The maximum Gasteiger partial charge on any atom is 0.309 e. The highest BCUT2D eigenvalue weighted by molar-refractivity contribution is 6.30. The van der Waals surface area contributed by atoms with E-state index >= 15 is 0 Å². The van der Waals surface area contributed by atoms with E-state index in [0.717, 1.165) is 17.0 Å². The van der Waals surface area contributed by atoms with E-state index in [9.17, 15) is 4.79 Å². The van der Waals surface area contributed by atoms with Crippen molar-refractivity contribution in [3.05, 3.63) is 64.7 Å². The summed E-state index contributed by atoms with van der Waals surface area (Å²) in [6.45, 7) is 1.79. The first kappa shape index (κ1) is 15.4. The van der Waals surface area contributed by atoms with Gasteiger partial charge >= 0.3 is 5.97 Å². The molecule has 0 heterocycles. The van der Waals surface area contributed by atoms with E-state index in [2.05, 4.69) is 0 Å². The Bertz CT molecular complexity index is 590. The topological polar surface area (TPSA) is 46.5 Å². The van der Waals surface area contributed by atoms with Gasteiger partial charge in [0.25, 0.3) is 0 Å². The van der Waals surface area contributed by atoms with Crippen molar-refractivity contribution >= 4 is 17.6 Å². The number of benzene rings is 2. The van der Waals surface area contributed by atoms with Crippen LogP contribution in [0.2, 0.25) is 5.02 Å². The van der Waals surface area contributed by atoms with Crippen LogP contribution < -0.4 is 4.74 Å². The summed E-state index contributed by atoms with van der Waals surface area (Å²) in [6, 6.07) is 15.4. The second-order valence-electron chi connectivity index (χ2n) is 5.00. The fourth-order valence-electron chi connectivity index (χ4n) is 1.83. The highest BCUT2D eigenvalue weighted by Crippen LogP contribution is 2.17. The maximum absolute atomic E-state index is 10.7.